The molecule has 5 atom stereocenters. The van der Waals surface area contributed by atoms with Crippen LogP contribution in [0.1, 0.15) is 51.5 Å². The summed E-state index contributed by atoms with van der Waals surface area (Å²) in [6.45, 7) is 5.77. The molecule has 0 amide bonds. The molecule has 5 heteroatoms. The highest BCUT2D eigenvalue weighted by Crippen LogP contribution is 2.57. The van der Waals surface area contributed by atoms with Gasteiger partial charge in [-0.25, -0.2) is 8.42 Å². The molecule has 3 aliphatic carbocycles. The molecule has 4 rings (SSSR count). The van der Waals surface area contributed by atoms with Gasteiger partial charge in [0.15, 0.2) is 0 Å². The SMILES string of the molecule is CCN(CC)S(=O)(=O)c1ccc(C[NH2+][C@H]2C[C@H]3C[C@@H]2[C@H]2CCC[C@H]32)cc1. The van der Waals surface area contributed by atoms with Crippen molar-refractivity contribution >= 4 is 10.0 Å². The van der Waals surface area contributed by atoms with Crippen molar-refractivity contribution in [2.45, 2.75) is 63.4 Å². The van der Waals surface area contributed by atoms with Crippen LogP contribution in [0.25, 0.3) is 0 Å². The van der Waals surface area contributed by atoms with Crippen LogP contribution in [0.5, 0.6) is 0 Å². The van der Waals surface area contributed by atoms with E-state index in [-0.39, 0.29) is 0 Å². The first-order valence-corrected chi connectivity index (χ1v) is 11.9. The first-order chi connectivity index (χ1) is 12.5. The molecule has 2 bridgehead atoms. The van der Waals surface area contributed by atoms with Crippen LogP contribution >= 0.6 is 0 Å². The Bertz CT molecular complexity index is 727. The Hall–Kier alpha value is -0.910. The Morgan fingerprint density at radius 3 is 2.38 bits per heavy atom. The molecule has 0 heterocycles. The largest absolute Gasteiger partial charge is 0.340 e. The van der Waals surface area contributed by atoms with Crippen molar-refractivity contribution in [1.82, 2.24) is 4.31 Å². The molecule has 144 valence electrons. The highest BCUT2D eigenvalue weighted by atomic mass is 32.2. The molecule has 0 aromatic heterocycles. The predicted octanol–water partition coefficient (Wildman–Crippen LogP) is 2.61. The number of fused-ring (bicyclic) bond motifs is 5. The molecule has 2 N–H and O–H groups in total. The van der Waals surface area contributed by atoms with Gasteiger partial charge in [-0.1, -0.05) is 32.4 Å². The van der Waals surface area contributed by atoms with Crippen LogP contribution in [-0.2, 0) is 16.6 Å². The van der Waals surface area contributed by atoms with Crippen molar-refractivity contribution in [3.05, 3.63) is 29.8 Å². The van der Waals surface area contributed by atoms with E-state index in [1.165, 1.54) is 42.0 Å². The van der Waals surface area contributed by atoms with E-state index < -0.39 is 10.0 Å². The molecule has 1 aromatic rings. The molecule has 4 nitrogen and oxygen atoms in total. The van der Waals surface area contributed by atoms with Crippen LogP contribution in [0, 0.1) is 23.7 Å². The summed E-state index contributed by atoms with van der Waals surface area (Å²) in [5.41, 5.74) is 1.23. The van der Waals surface area contributed by atoms with Crippen LogP contribution in [0.4, 0.5) is 0 Å². The molecule has 1 aromatic carbocycles. The summed E-state index contributed by atoms with van der Waals surface area (Å²) in [6, 6.07) is 8.35. The lowest BCUT2D eigenvalue weighted by Gasteiger charge is -2.30. The summed E-state index contributed by atoms with van der Waals surface area (Å²) in [6.07, 6.45) is 7.28. The van der Waals surface area contributed by atoms with Crippen LogP contribution in [0.3, 0.4) is 0 Å². The van der Waals surface area contributed by atoms with E-state index in [2.05, 4.69) is 5.32 Å². The minimum absolute atomic E-state index is 0.415. The molecule has 0 unspecified atom stereocenters. The Labute approximate surface area is 158 Å². The Balaban J connectivity index is 1.37. The monoisotopic (exact) mass is 377 g/mol. The second-order valence-electron chi connectivity index (χ2n) is 8.49. The number of hydrogen-bond acceptors (Lipinski definition) is 2. The molecular formula is C21H33N2O2S+. The van der Waals surface area contributed by atoms with Gasteiger partial charge in [-0.05, 0) is 49.1 Å². The van der Waals surface area contributed by atoms with Gasteiger partial charge in [-0.2, -0.15) is 4.31 Å². The van der Waals surface area contributed by atoms with Gasteiger partial charge >= 0.3 is 0 Å². The number of sulfonamides is 1. The maximum Gasteiger partial charge on any atom is 0.243 e. The zero-order valence-corrected chi connectivity index (χ0v) is 16.9. The Morgan fingerprint density at radius 1 is 1.00 bits per heavy atom. The number of quaternary nitrogens is 1. The first-order valence-electron chi connectivity index (χ1n) is 10.5. The van der Waals surface area contributed by atoms with Crippen LogP contribution < -0.4 is 5.32 Å². The van der Waals surface area contributed by atoms with Crippen LogP contribution in [-0.4, -0.2) is 31.9 Å². The lowest BCUT2D eigenvalue weighted by molar-refractivity contribution is -0.711. The van der Waals surface area contributed by atoms with Gasteiger partial charge in [0.25, 0.3) is 0 Å². The second-order valence-corrected chi connectivity index (χ2v) is 10.4. The third kappa shape index (κ3) is 3.12. The van der Waals surface area contributed by atoms with E-state index in [0.29, 0.717) is 18.0 Å². The van der Waals surface area contributed by atoms with Gasteiger partial charge in [0.2, 0.25) is 10.0 Å². The lowest BCUT2D eigenvalue weighted by atomic mass is 9.79. The molecule has 3 fully saturated rings. The fourth-order valence-corrected chi connectivity index (χ4v) is 7.65. The minimum atomic E-state index is -3.34. The van der Waals surface area contributed by atoms with Crippen molar-refractivity contribution in [3.63, 3.8) is 0 Å². The summed E-state index contributed by atoms with van der Waals surface area (Å²) >= 11 is 0. The summed E-state index contributed by atoms with van der Waals surface area (Å²) in [4.78, 5) is 0.415. The topological polar surface area (TPSA) is 54.0 Å². The van der Waals surface area contributed by atoms with E-state index in [4.69, 9.17) is 0 Å². The van der Waals surface area contributed by atoms with Gasteiger partial charge in [0.05, 0.1) is 10.9 Å². The van der Waals surface area contributed by atoms with Gasteiger partial charge in [0.1, 0.15) is 6.54 Å². The standard InChI is InChI=1S/C21H32N2O2S/c1-3-23(4-2)26(24,25)17-10-8-15(9-11-17)14-22-21-13-16-12-20(21)19-7-5-6-18(16)19/h8-11,16,18-22H,3-7,12-14H2,1-2H3/p+1/t16-,18-,19+,20-,21+/m1/s1. The van der Waals surface area contributed by atoms with Crippen LogP contribution in [0.15, 0.2) is 29.2 Å². The number of rotatable bonds is 7. The Kier molecular flexibility index (Phi) is 5.15. The van der Waals surface area contributed by atoms with E-state index >= 15 is 0 Å². The van der Waals surface area contributed by atoms with E-state index in [0.717, 1.165) is 36.3 Å². The summed E-state index contributed by atoms with van der Waals surface area (Å²) in [5.74, 6) is 4.00. The van der Waals surface area contributed by atoms with Crippen molar-refractivity contribution in [2.24, 2.45) is 23.7 Å². The molecule has 0 spiro atoms. The molecule has 0 radical (unpaired) electrons. The number of benzene rings is 1. The molecule has 3 saturated carbocycles. The maximum absolute atomic E-state index is 12.6. The fraction of sp³-hybridized carbons (Fsp3) is 0.714. The third-order valence-electron chi connectivity index (χ3n) is 7.40. The molecule has 26 heavy (non-hydrogen) atoms. The average molecular weight is 378 g/mol. The molecular weight excluding hydrogens is 344 g/mol. The highest BCUT2D eigenvalue weighted by Gasteiger charge is 2.55. The number of hydrogen-bond donors (Lipinski definition) is 1. The maximum atomic E-state index is 12.6. The zero-order chi connectivity index (χ0) is 18.3. The lowest BCUT2D eigenvalue weighted by Crippen LogP contribution is -2.90. The fourth-order valence-electron chi connectivity index (χ4n) is 6.19. The van der Waals surface area contributed by atoms with E-state index in [9.17, 15) is 8.42 Å². The smallest absolute Gasteiger partial charge is 0.243 e. The molecule has 0 aliphatic heterocycles. The highest BCUT2D eigenvalue weighted by molar-refractivity contribution is 7.89. The first kappa shape index (κ1) is 18.5. The molecule has 3 aliphatic rings. The average Bonchev–Trinajstić information content (AvgIpc) is 3.34. The normalized spacial score (nSPS) is 33.1. The number of nitrogens with zero attached hydrogens (tertiary/aromatic N) is 1. The Morgan fingerprint density at radius 2 is 1.69 bits per heavy atom. The zero-order valence-electron chi connectivity index (χ0n) is 16.1. The second kappa shape index (κ2) is 7.25. The summed E-state index contributed by atoms with van der Waals surface area (Å²) in [7, 11) is -3.34. The summed E-state index contributed by atoms with van der Waals surface area (Å²) < 4.78 is 26.7. The van der Waals surface area contributed by atoms with Crippen molar-refractivity contribution in [3.8, 4) is 0 Å². The number of nitrogens with two attached hydrogens (primary N) is 1. The summed E-state index contributed by atoms with van der Waals surface area (Å²) in [5, 5.41) is 2.53. The predicted molar refractivity (Wildman–Crippen MR) is 103 cm³/mol. The quantitative estimate of drug-likeness (QED) is 0.794. The third-order valence-corrected chi connectivity index (χ3v) is 9.47. The van der Waals surface area contributed by atoms with Gasteiger partial charge < -0.3 is 5.32 Å². The van der Waals surface area contributed by atoms with Crippen molar-refractivity contribution in [1.29, 1.82) is 0 Å². The van der Waals surface area contributed by atoms with Gasteiger partial charge in [-0.15, -0.1) is 0 Å². The van der Waals surface area contributed by atoms with Crippen molar-refractivity contribution < 1.29 is 13.7 Å². The van der Waals surface area contributed by atoms with Gasteiger partial charge in [0, 0.05) is 31.0 Å². The molecule has 0 saturated heterocycles. The van der Waals surface area contributed by atoms with Crippen molar-refractivity contribution in [2.75, 3.05) is 13.1 Å². The van der Waals surface area contributed by atoms with Crippen LogP contribution in [0.2, 0.25) is 0 Å². The minimum Gasteiger partial charge on any atom is -0.340 e. The van der Waals surface area contributed by atoms with Gasteiger partial charge in [-0.3, -0.25) is 0 Å². The van der Waals surface area contributed by atoms with E-state index in [1.54, 1.807) is 12.1 Å². The van der Waals surface area contributed by atoms with E-state index in [1.807, 2.05) is 26.0 Å².